The maximum Gasteiger partial charge on any atom is 0.241 e. The molecule has 4 heteroatoms. The molecule has 0 bridgehead atoms. The summed E-state index contributed by atoms with van der Waals surface area (Å²) in [6.07, 6.45) is 2.76. The minimum atomic E-state index is -0.422. The van der Waals surface area contributed by atoms with Crippen LogP contribution in [0.4, 0.5) is 0 Å². The minimum absolute atomic E-state index is 0.00875. The molecule has 2 atom stereocenters. The first-order chi connectivity index (χ1) is 7.53. The summed E-state index contributed by atoms with van der Waals surface area (Å²) in [7, 11) is 0. The Morgan fingerprint density at radius 2 is 1.69 bits per heavy atom. The molecule has 0 aliphatic carbocycles. The zero-order valence-electron chi connectivity index (χ0n) is 11.1. The van der Waals surface area contributed by atoms with Gasteiger partial charge in [0.05, 0.1) is 12.7 Å². The maximum atomic E-state index is 12.2. The monoisotopic (exact) mass is 229 g/mol. The molecule has 0 saturated carbocycles. The highest BCUT2D eigenvalue weighted by molar-refractivity contribution is 5.82. The lowest BCUT2D eigenvalue weighted by molar-refractivity contribution is -0.136. The summed E-state index contributed by atoms with van der Waals surface area (Å²) in [5, 5.41) is 0. The summed E-state index contributed by atoms with van der Waals surface area (Å²) >= 11 is 0. The van der Waals surface area contributed by atoms with Crippen LogP contribution in [0.5, 0.6) is 0 Å². The zero-order valence-corrected chi connectivity index (χ0v) is 11.1. The first-order valence-corrected chi connectivity index (χ1v) is 6.29. The van der Waals surface area contributed by atoms with Gasteiger partial charge in [0, 0.05) is 6.04 Å². The fourth-order valence-corrected chi connectivity index (χ4v) is 1.84. The first-order valence-electron chi connectivity index (χ1n) is 6.29. The Kier molecular flexibility index (Phi) is 7.34. The average molecular weight is 229 g/mol. The number of hydrogen-bond donors (Lipinski definition) is 2. The number of nitrogens with zero attached hydrogens (tertiary/aromatic N) is 1. The molecule has 1 amide bonds. The molecular formula is C12H27N3O. The summed E-state index contributed by atoms with van der Waals surface area (Å²) < 4.78 is 0. The van der Waals surface area contributed by atoms with Crippen LogP contribution in [0.25, 0.3) is 0 Å². The van der Waals surface area contributed by atoms with Crippen LogP contribution in [0.1, 0.15) is 47.0 Å². The lowest BCUT2D eigenvalue weighted by Crippen LogP contribution is -2.52. The topological polar surface area (TPSA) is 72.4 Å². The van der Waals surface area contributed by atoms with Gasteiger partial charge in [-0.25, -0.2) is 0 Å². The molecule has 16 heavy (non-hydrogen) atoms. The molecule has 0 aliphatic heterocycles. The van der Waals surface area contributed by atoms with Crippen molar-refractivity contribution < 1.29 is 4.79 Å². The third kappa shape index (κ3) is 3.76. The maximum absolute atomic E-state index is 12.2. The molecule has 0 spiro atoms. The van der Waals surface area contributed by atoms with Crippen LogP contribution in [-0.4, -0.2) is 29.6 Å². The number of nitrogens with two attached hydrogens (primary N) is 2. The van der Waals surface area contributed by atoms with Crippen molar-refractivity contribution in [3.05, 3.63) is 0 Å². The lowest BCUT2D eigenvalue weighted by Gasteiger charge is -2.32. The van der Waals surface area contributed by atoms with Crippen LogP contribution in [0, 0.1) is 5.92 Å². The number of carbonyl (C=O) groups is 1. The van der Waals surface area contributed by atoms with E-state index in [9.17, 15) is 4.79 Å². The van der Waals surface area contributed by atoms with E-state index in [2.05, 4.69) is 13.8 Å². The van der Waals surface area contributed by atoms with Gasteiger partial charge in [-0.15, -0.1) is 0 Å². The van der Waals surface area contributed by atoms with Gasteiger partial charge in [-0.3, -0.25) is 4.79 Å². The van der Waals surface area contributed by atoms with Crippen molar-refractivity contribution in [2.75, 3.05) is 6.67 Å². The summed E-state index contributed by atoms with van der Waals surface area (Å²) in [4.78, 5) is 13.9. The van der Waals surface area contributed by atoms with Gasteiger partial charge < -0.3 is 16.4 Å². The van der Waals surface area contributed by atoms with Crippen molar-refractivity contribution in [3.63, 3.8) is 0 Å². The van der Waals surface area contributed by atoms with E-state index < -0.39 is 6.04 Å². The summed E-state index contributed by atoms with van der Waals surface area (Å²) in [6.45, 7) is 8.44. The van der Waals surface area contributed by atoms with Crippen LogP contribution in [-0.2, 0) is 4.79 Å². The fraction of sp³-hybridized carbons (Fsp3) is 0.917. The molecule has 0 aliphatic rings. The number of carbonyl (C=O) groups excluding carboxylic acids is 1. The van der Waals surface area contributed by atoms with Crippen molar-refractivity contribution in [3.8, 4) is 0 Å². The minimum Gasteiger partial charge on any atom is -0.326 e. The average Bonchev–Trinajstić information content (AvgIpc) is 2.32. The fourth-order valence-electron chi connectivity index (χ4n) is 1.84. The Bertz CT molecular complexity index is 204. The molecule has 0 fully saturated rings. The van der Waals surface area contributed by atoms with E-state index in [0.717, 1.165) is 19.3 Å². The molecule has 2 unspecified atom stereocenters. The molecular weight excluding hydrogens is 202 g/mol. The number of amides is 1. The van der Waals surface area contributed by atoms with Crippen molar-refractivity contribution in [1.82, 2.24) is 4.90 Å². The standard InChI is InChI=1S/C12H27N3O/c1-5-9(4)11(14)12(16)15(8-13)10(6-2)7-3/h9-11H,5-8,13-14H2,1-4H3. The molecule has 4 N–H and O–H groups in total. The smallest absolute Gasteiger partial charge is 0.241 e. The Balaban J connectivity index is 4.63. The van der Waals surface area contributed by atoms with Crippen molar-refractivity contribution in [1.29, 1.82) is 0 Å². The van der Waals surface area contributed by atoms with Crippen molar-refractivity contribution in [2.24, 2.45) is 17.4 Å². The number of rotatable bonds is 7. The van der Waals surface area contributed by atoms with Gasteiger partial charge in [-0.2, -0.15) is 0 Å². The van der Waals surface area contributed by atoms with Crippen LogP contribution >= 0.6 is 0 Å². The molecule has 0 aromatic carbocycles. The van der Waals surface area contributed by atoms with Gasteiger partial charge in [0.1, 0.15) is 0 Å². The predicted molar refractivity (Wildman–Crippen MR) is 67.7 cm³/mol. The third-order valence-corrected chi connectivity index (χ3v) is 3.41. The van der Waals surface area contributed by atoms with Crippen molar-refractivity contribution >= 4 is 5.91 Å². The molecule has 0 rings (SSSR count). The normalized spacial score (nSPS) is 14.9. The van der Waals surface area contributed by atoms with Gasteiger partial charge in [0.2, 0.25) is 5.91 Å². The van der Waals surface area contributed by atoms with E-state index in [1.807, 2.05) is 13.8 Å². The number of hydrogen-bond acceptors (Lipinski definition) is 3. The van der Waals surface area contributed by atoms with Crippen LogP contribution < -0.4 is 11.5 Å². The second kappa shape index (κ2) is 7.63. The van der Waals surface area contributed by atoms with E-state index in [4.69, 9.17) is 11.5 Å². The zero-order chi connectivity index (χ0) is 12.7. The molecule has 0 aromatic rings. The Morgan fingerprint density at radius 1 is 1.19 bits per heavy atom. The quantitative estimate of drug-likeness (QED) is 0.646. The van der Waals surface area contributed by atoms with Gasteiger partial charge >= 0.3 is 0 Å². The van der Waals surface area contributed by atoms with Gasteiger partial charge in [-0.05, 0) is 18.8 Å². The molecule has 96 valence electrons. The summed E-state index contributed by atoms with van der Waals surface area (Å²) in [6, 6.07) is -0.207. The van der Waals surface area contributed by atoms with Gasteiger partial charge in [0.15, 0.2) is 0 Å². The molecule has 0 heterocycles. The van der Waals surface area contributed by atoms with E-state index in [-0.39, 0.29) is 24.5 Å². The highest BCUT2D eigenvalue weighted by Crippen LogP contribution is 2.13. The van der Waals surface area contributed by atoms with E-state index in [0.29, 0.717) is 0 Å². The van der Waals surface area contributed by atoms with Crippen LogP contribution in [0.2, 0.25) is 0 Å². The van der Waals surface area contributed by atoms with E-state index in [1.54, 1.807) is 4.90 Å². The van der Waals surface area contributed by atoms with Crippen LogP contribution in [0.15, 0.2) is 0 Å². The predicted octanol–water partition coefficient (Wildman–Crippen LogP) is 1.29. The first kappa shape index (κ1) is 15.4. The van der Waals surface area contributed by atoms with Gasteiger partial charge in [-0.1, -0.05) is 34.1 Å². The molecule has 4 nitrogen and oxygen atoms in total. The molecule has 0 radical (unpaired) electrons. The highest BCUT2D eigenvalue weighted by Gasteiger charge is 2.27. The molecule has 0 saturated heterocycles. The SMILES string of the molecule is CCC(C)C(N)C(=O)N(CN)C(CC)CC. The van der Waals surface area contributed by atoms with Gasteiger partial charge in [0.25, 0.3) is 0 Å². The van der Waals surface area contributed by atoms with Crippen LogP contribution in [0.3, 0.4) is 0 Å². The Hall–Kier alpha value is -0.610. The Labute approximate surface area is 99.4 Å². The van der Waals surface area contributed by atoms with E-state index in [1.165, 1.54) is 0 Å². The van der Waals surface area contributed by atoms with Crippen molar-refractivity contribution in [2.45, 2.75) is 59.0 Å². The third-order valence-electron chi connectivity index (χ3n) is 3.41. The van der Waals surface area contributed by atoms with E-state index >= 15 is 0 Å². The molecule has 0 aromatic heterocycles. The second-order valence-corrected chi connectivity index (χ2v) is 4.37. The second-order valence-electron chi connectivity index (χ2n) is 4.37. The lowest BCUT2D eigenvalue weighted by atomic mass is 9.98. The summed E-state index contributed by atoms with van der Waals surface area (Å²) in [5.41, 5.74) is 11.6. The largest absolute Gasteiger partial charge is 0.326 e. The highest BCUT2D eigenvalue weighted by atomic mass is 16.2. The Morgan fingerprint density at radius 3 is 2.00 bits per heavy atom. The summed E-state index contributed by atoms with van der Waals surface area (Å²) in [5.74, 6) is 0.196.